The summed E-state index contributed by atoms with van der Waals surface area (Å²) in [6, 6.07) is 9.71. The first-order valence-corrected chi connectivity index (χ1v) is 6.57. The van der Waals surface area contributed by atoms with Gasteiger partial charge in [-0.1, -0.05) is 12.1 Å². The van der Waals surface area contributed by atoms with Gasteiger partial charge < -0.3 is 14.4 Å². The van der Waals surface area contributed by atoms with Gasteiger partial charge in [0.25, 0.3) is 0 Å². The average Bonchev–Trinajstić information content (AvgIpc) is 2.56. The van der Waals surface area contributed by atoms with Crippen molar-refractivity contribution in [3.05, 3.63) is 36.7 Å². The number of hydrogen-bond donors (Lipinski definition) is 0. The highest BCUT2D eigenvalue weighted by Crippen LogP contribution is 2.24. The maximum absolute atomic E-state index is 5.37. The first kappa shape index (κ1) is 12.9. The van der Waals surface area contributed by atoms with Gasteiger partial charge in [-0.05, 0) is 11.6 Å². The van der Waals surface area contributed by atoms with Crippen LogP contribution in [0.4, 0.5) is 5.69 Å². The summed E-state index contributed by atoms with van der Waals surface area (Å²) in [4.78, 5) is 10.6. The van der Waals surface area contributed by atoms with Crippen LogP contribution in [-0.2, 0) is 4.74 Å². The van der Waals surface area contributed by atoms with Crippen molar-refractivity contribution in [1.82, 2.24) is 9.97 Å². The maximum Gasteiger partial charge on any atom is 0.316 e. The number of benzene rings is 1. The SMILES string of the molecule is COc1ncc(-c2cc[c]c(N3CCOCC3)c2)cn1. The minimum Gasteiger partial charge on any atom is -0.467 e. The van der Waals surface area contributed by atoms with Crippen molar-refractivity contribution in [2.45, 2.75) is 0 Å². The molecule has 1 aromatic carbocycles. The first-order valence-electron chi connectivity index (χ1n) is 6.57. The Morgan fingerprint density at radius 2 is 1.95 bits per heavy atom. The van der Waals surface area contributed by atoms with E-state index in [1.165, 1.54) is 0 Å². The van der Waals surface area contributed by atoms with Crippen LogP contribution in [0.5, 0.6) is 6.01 Å². The van der Waals surface area contributed by atoms with Crippen molar-refractivity contribution in [3.8, 4) is 17.1 Å². The fourth-order valence-electron chi connectivity index (χ4n) is 2.19. The molecule has 0 aliphatic carbocycles. The molecule has 1 fully saturated rings. The van der Waals surface area contributed by atoms with E-state index in [2.05, 4.69) is 27.0 Å². The van der Waals surface area contributed by atoms with E-state index < -0.39 is 0 Å². The third kappa shape index (κ3) is 2.72. The summed E-state index contributed by atoms with van der Waals surface area (Å²) in [6.45, 7) is 3.34. The normalized spacial score (nSPS) is 15.2. The molecule has 0 amide bonds. The van der Waals surface area contributed by atoms with Crippen LogP contribution >= 0.6 is 0 Å². The van der Waals surface area contributed by atoms with E-state index in [0.717, 1.165) is 43.1 Å². The van der Waals surface area contributed by atoms with E-state index in [9.17, 15) is 0 Å². The predicted molar refractivity (Wildman–Crippen MR) is 75.9 cm³/mol. The van der Waals surface area contributed by atoms with Gasteiger partial charge >= 0.3 is 6.01 Å². The number of rotatable bonds is 3. The first-order chi connectivity index (χ1) is 9.86. The van der Waals surface area contributed by atoms with Crippen LogP contribution in [0.3, 0.4) is 0 Å². The van der Waals surface area contributed by atoms with Crippen LogP contribution in [0.1, 0.15) is 0 Å². The van der Waals surface area contributed by atoms with Crippen molar-refractivity contribution < 1.29 is 9.47 Å². The molecule has 1 aromatic heterocycles. The van der Waals surface area contributed by atoms with Gasteiger partial charge in [0.1, 0.15) is 0 Å². The lowest BCUT2D eigenvalue weighted by molar-refractivity contribution is 0.122. The van der Waals surface area contributed by atoms with Crippen molar-refractivity contribution in [3.63, 3.8) is 0 Å². The molecule has 0 unspecified atom stereocenters. The maximum atomic E-state index is 5.37. The lowest BCUT2D eigenvalue weighted by Crippen LogP contribution is -2.36. The Balaban J connectivity index is 1.85. The number of ether oxygens (including phenoxy) is 2. The minimum atomic E-state index is 0.379. The molecule has 1 saturated heterocycles. The Kier molecular flexibility index (Phi) is 3.78. The molecule has 0 N–H and O–H groups in total. The highest BCUT2D eigenvalue weighted by atomic mass is 16.5. The Labute approximate surface area is 118 Å². The zero-order valence-corrected chi connectivity index (χ0v) is 11.4. The van der Waals surface area contributed by atoms with Gasteiger partial charge in [0.05, 0.1) is 20.3 Å². The minimum absolute atomic E-state index is 0.379. The van der Waals surface area contributed by atoms with Gasteiger partial charge in [-0.3, -0.25) is 0 Å². The van der Waals surface area contributed by atoms with Gasteiger partial charge in [-0.15, -0.1) is 0 Å². The quantitative estimate of drug-likeness (QED) is 0.851. The van der Waals surface area contributed by atoms with E-state index in [1.807, 2.05) is 12.1 Å². The Morgan fingerprint density at radius 1 is 1.20 bits per heavy atom. The fraction of sp³-hybridized carbons (Fsp3) is 0.333. The van der Waals surface area contributed by atoms with Gasteiger partial charge in [0.2, 0.25) is 0 Å². The molecule has 1 aliphatic heterocycles. The monoisotopic (exact) mass is 270 g/mol. The molecule has 0 atom stereocenters. The smallest absolute Gasteiger partial charge is 0.316 e. The molecule has 2 aromatic rings. The summed E-state index contributed by atoms with van der Waals surface area (Å²) in [5.41, 5.74) is 3.13. The molecule has 0 saturated carbocycles. The van der Waals surface area contributed by atoms with E-state index in [4.69, 9.17) is 9.47 Å². The van der Waals surface area contributed by atoms with Crippen LogP contribution in [-0.4, -0.2) is 43.4 Å². The second-order valence-corrected chi connectivity index (χ2v) is 4.52. The molecule has 20 heavy (non-hydrogen) atoms. The summed E-state index contributed by atoms with van der Waals surface area (Å²) in [5, 5.41) is 0. The number of nitrogens with zero attached hydrogens (tertiary/aromatic N) is 3. The highest BCUT2D eigenvalue weighted by molar-refractivity contribution is 5.67. The zero-order chi connectivity index (χ0) is 13.8. The van der Waals surface area contributed by atoms with E-state index in [0.29, 0.717) is 6.01 Å². The van der Waals surface area contributed by atoms with E-state index >= 15 is 0 Å². The van der Waals surface area contributed by atoms with E-state index in [-0.39, 0.29) is 0 Å². The summed E-state index contributed by atoms with van der Waals surface area (Å²) in [5.74, 6) is 0. The van der Waals surface area contributed by atoms with Crippen molar-refractivity contribution >= 4 is 5.69 Å². The molecule has 2 heterocycles. The van der Waals surface area contributed by atoms with Gasteiger partial charge in [0.15, 0.2) is 0 Å². The molecule has 0 bridgehead atoms. The zero-order valence-electron chi connectivity index (χ0n) is 11.4. The van der Waals surface area contributed by atoms with Crippen LogP contribution in [0.15, 0.2) is 30.6 Å². The molecule has 1 radical (unpaired) electrons. The molecule has 5 heteroatoms. The molecule has 5 nitrogen and oxygen atoms in total. The Bertz CT molecular complexity index is 566. The topological polar surface area (TPSA) is 47.5 Å². The summed E-state index contributed by atoms with van der Waals surface area (Å²) < 4.78 is 10.3. The highest BCUT2D eigenvalue weighted by Gasteiger charge is 2.12. The van der Waals surface area contributed by atoms with Crippen molar-refractivity contribution in [2.75, 3.05) is 38.3 Å². The Hall–Kier alpha value is -2.14. The summed E-state index contributed by atoms with van der Waals surface area (Å²) in [7, 11) is 1.56. The fourth-order valence-corrected chi connectivity index (χ4v) is 2.19. The summed E-state index contributed by atoms with van der Waals surface area (Å²) in [6.07, 6.45) is 3.54. The summed E-state index contributed by atoms with van der Waals surface area (Å²) >= 11 is 0. The number of anilines is 1. The number of aromatic nitrogens is 2. The lowest BCUT2D eigenvalue weighted by Gasteiger charge is -2.28. The second kappa shape index (κ2) is 5.88. The Morgan fingerprint density at radius 3 is 2.65 bits per heavy atom. The van der Waals surface area contributed by atoms with Crippen LogP contribution in [0.25, 0.3) is 11.1 Å². The van der Waals surface area contributed by atoms with Gasteiger partial charge in [-0.25, -0.2) is 9.97 Å². The largest absolute Gasteiger partial charge is 0.467 e. The third-order valence-electron chi connectivity index (χ3n) is 3.28. The van der Waals surface area contributed by atoms with Crippen molar-refractivity contribution in [2.24, 2.45) is 0 Å². The van der Waals surface area contributed by atoms with Gasteiger partial charge in [-0.2, -0.15) is 0 Å². The standard InChI is InChI=1S/C15H16N3O2/c1-19-15-16-10-13(11-17-15)12-3-2-4-14(9-12)18-5-7-20-8-6-18/h2-3,9-11H,5-8H2,1H3. The number of morpholine rings is 1. The molecule has 3 rings (SSSR count). The number of hydrogen-bond acceptors (Lipinski definition) is 5. The average molecular weight is 270 g/mol. The molecule has 103 valence electrons. The molecule has 0 spiro atoms. The number of methoxy groups -OCH3 is 1. The lowest BCUT2D eigenvalue weighted by atomic mass is 10.1. The molecular weight excluding hydrogens is 254 g/mol. The van der Waals surface area contributed by atoms with Crippen LogP contribution in [0.2, 0.25) is 0 Å². The molecule has 1 aliphatic rings. The van der Waals surface area contributed by atoms with Crippen LogP contribution < -0.4 is 9.64 Å². The van der Waals surface area contributed by atoms with Gasteiger partial charge in [0, 0.05) is 42.8 Å². The second-order valence-electron chi connectivity index (χ2n) is 4.52. The third-order valence-corrected chi connectivity index (χ3v) is 3.28. The molecular formula is C15H16N3O2. The van der Waals surface area contributed by atoms with Crippen LogP contribution in [0, 0.1) is 6.07 Å². The predicted octanol–water partition coefficient (Wildman–Crippen LogP) is 1.79. The van der Waals surface area contributed by atoms with Crippen molar-refractivity contribution in [1.29, 1.82) is 0 Å². The van der Waals surface area contributed by atoms with E-state index in [1.54, 1.807) is 19.5 Å².